The van der Waals surface area contributed by atoms with Crippen LogP contribution in [0.3, 0.4) is 0 Å². The topological polar surface area (TPSA) is 32.9 Å². The molecular formula is C9H5BrINO. The smallest absolute Gasteiger partial charge is 0.203 e. The highest BCUT2D eigenvalue weighted by Crippen LogP contribution is 2.14. The highest BCUT2D eigenvalue weighted by atomic mass is 127. The molecule has 0 bridgehead atoms. The molecule has 0 amide bonds. The number of nitrogens with one attached hydrogen (secondary N) is 1. The highest BCUT2D eigenvalue weighted by molar-refractivity contribution is 14.1. The van der Waals surface area contributed by atoms with E-state index in [0.717, 1.165) is 14.5 Å². The predicted molar refractivity (Wildman–Crippen MR) is 65.0 cm³/mol. The van der Waals surface area contributed by atoms with Crippen molar-refractivity contribution in [2.24, 2.45) is 0 Å². The minimum Gasteiger partial charge on any atom is -0.360 e. The lowest BCUT2D eigenvalue weighted by Gasteiger charge is -1.98. The maximum absolute atomic E-state index is 11.6. The van der Waals surface area contributed by atoms with Crippen LogP contribution in [0.1, 0.15) is 0 Å². The van der Waals surface area contributed by atoms with Crippen LogP contribution in [-0.2, 0) is 0 Å². The zero-order valence-corrected chi connectivity index (χ0v) is 10.2. The molecule has 2 nitrogen and oxygen atoms in total. The van der Waals surface area contributed by atoms with Gasteiger partial charge in [0.05, 0.1) is 4.47 Å². The first-order valence-corrected chi connectivity index (χ1v) is 5.52. The SMILES string of the molecule is O=c1c(Br)c[nH]c2ccc(I)cc12. The number of aromatic nitrogens is 1. The van der Waals surface area contributed by atoms with Crippen LogP contribution in [0.25, 0.3) is 10.9 Å². The highest BCUT2D eigenvalue weighted by Gasteiger charge is 2.01. The van der Waals surface area contributed by atoms with Gasteiger partial charge in [-0.1, -0.05) is 0 Å². The molecule has 4 heteroatoms. The van der Waals surface area contributed by atoms with Gasteiger partial charge in [-0.15, -0.1) is 0 Å². The van der Waals surface area contributed by atoms with Gasteiger partial charge in [-0.3, -0.25) is 4.79 Å². The van der Waals surface area contributed by atoms with E-state index in [1.54, 1.807) is 6.20 Å². The van der Waals surface area contributed by atoms with E-state index in [-0.39, 0.29) is 5.43 Å². The second kappa shape index (κ2) is 3.42. The number of rotatable bonds is 0. The van der Waals surface area contributed by atoms with Crippen LogP contribution in [0, 0.1) is 3.57 Å². The van der Waals surface area contributed by atoms with E-state index >= 15 is 0 Å². The third-order valence-electron chi connectivity index (χ3n) is 1.80. The van der Waals surface area contributed by atoms with Crippen LogP contribution in [0.5, 0.6) is 0 Å². The average Bonchev–Trinajstić information content (AvgIpc) is 2.12. The second-order valence-electron chi connectivity index (χ2n) is 2.66. The zero-order chi connectivity index (χ0) is 9.42. The monoisotopic (exact) mass is 349 g/mol. The summed E-state index contributed by atoms with van der Waals surface area (Å²) in [5, 5.41) is 0.723. The molecule has 0 saturated heterocycles. The van der Waals surface area contributed by atoms with Gasteiger partial charge in [0.25, 0.3) is 0 Å². The minimum atomic E-state index is 0.0345. The van der Waals surface area contributed by atoms with Crippen molar-refractivity contribution in [1.82, 2.24) is 4.98 Å². The molecule has 13 heavy (non-hydrogen) atoms. The van der Waals surface area contributed by atoms with Gasteiger partial charge in [0.1, 0.15) is 0 Å². The Hall–Kier alpha value is -0.360. The van der Waals surface area contributed by atoms with E-state index in [4.69, 9.17) is 0 Å². The molecule has 0 saturated carbocycles. The summed E-state index contributed by atoms with van der Waals surface area (Å²) in [6.45, 7) is 0. The lowest BCUT2D eigenvalue weighted by atomic mass is 10.2. The Labute approximate surface area is 96.6 Å². The van der Waals surface area contributed by atoms with Gasteiger partial charge < -0.3 is 4.98 Å². The van der Waals surface area contributed by atoms with Gasteiger partial charge >= 0.3 is 0 Å². The molecule has 0 atom stereocenters. The number of aromatic amines is 1. The minimum absolute atomic E-state index is 0.0345. The number of benzene rings is 1. The Morgan fingerprint density at radius 3 is 2.92 bits per heavy atom. The van der Waals surface area contributed by atoms with Crippen molar-refractivity contribution < 1.29 is 0 Å². The van der Waals surface area contributed by atoms with Crippen molar-refractivity contribution >= 4 is 49.4 Å². The quantitative estimate of drug-likeness (QED) is 0.729. The van der Waals surface area contributed by atoms with Gasteiger partial charge in [0.15, 0.2) is 0 Å². The zero-order valence-electron chi connectivity index (χ0n) is 6.47. The molecule has 0 aliphatic heterocycles. The summed E-state index contributed by atoms with van der Waals surface area (Å²) in [6.07, 6.45) is 1.66. The largest absolute Gasteiger partial charge is 0.360 e. The van der Waals surface area contributed by atoms with Gasteiger partial charge in [0.2, 0.25) is 5.43 Å². The Bertz CT molecular complexity index is 515. The fourth-order valence-electron chi connectivity index (χ4n) is 1.17. The number of hydrogen-bond donors (Lipinski definition) is 1. The maximum Gasteiger partial charge on any atom is 0.203 e. The molecule has 0 aliphatic carbocycles. The van der Waals surface area contributed by atoms with Crippen molar-refractivity contribution in [3.05, 3.63) is 42.7 Å². The van der Waals surface area contributed by atoms with Crippen LogP contribution in [0.2, 0.25) is 0 Å². The molecular weight excluding hydrogens is 345 g/mol. The Kier molecular flexibility index (Phi) is 2.42. The second-order valence-corrected chi connectivity index (χ2v) is 4.76. The van der Waals surface area contributed by atoms with Gasteiger partial charge in [-0.2, -0.15) is 0 Å². The first kappa shape index (κ1) is 9.21. The van der Waals surface area contributed by atoms with E-state index in [1.165, 1.54) is 0 Å². The van der Waals surface area contributed by atoms with Crippen molar-refractivity contribution in [3.63, 3.8) is 0 Å². The first-order chi connectivity index (χ1) is 6.18. The normalized spacial score (nSPS) is 10.6. The standard InChI is InChI=1S/C9H5BrINO/c10-7-4-12-8-2-1-5(11)3-6(8)9(7)13/h1-4H,(H,12,13). The molecule has 1 aromatic heterocycles. The number of hydrogen-bond acceptors (Lipinski definition) is 1. The van der Waals surface area contributed by atoms with E-state index in [1.807, 2.05) is 18.2 Å². The van der Waals surface area contributed by atoms with Crippen molar-refractivity contribution in [2.75, 3.05) is 0 Å². The Balaban J connectivity index is 2.97. The molecule has 2 rings (SSSR count). The van der Waals surface area contributed by atoms with Crippen LogP contribution in [0.4, 0.5) is 0 Å². The molecule has 2 aromatic rings. The van der Waals surface area contributed by atoms with Crippen molar-refractivity contribution in [3.8, 4) is 0 Å². The molecule has 1 aromatic carbocycles. The average molecular weight is 350 g/mol. The summed E-state index contributed by atoms with van der Waals surface area (Å²) in [6, 6.07) is 5.75. The Morgan fingerprint density at radius 1 is 1.38 bits per heavy atom. The molecule has 66 valence electrons. The number of pyridine rings is 1. The first-order valence-electron chi connectivity index (χ1n) is 3.65. The maximum atomic E-state index is 11.6. The number of H-pyrrole nitrogens is 1. The molecule has 1 heterocycles. The molecule has 0 aliphatic rings. The van der Waals surface area contributed by atoms with E-state index in [2.05, 4.69) is 43.5 Å². The van der Waals surface area contributed by atoms with Gasteiger partial charge in [-0.25, -0.2) is 0 Å². The van der Waals surface area contributed by atoms with E-state index < -0.39 is 0 Å². The summed E-state index contributed by atoms with van der Waals surface area (Å²) in [4.78, 5) is 14.6. The summed E-state index contributed by atoms with van der Waals surface area (Å²) in [5.41, 5.74) is 0.904. The summed E-state index contributed by atoms with van der Waals surface area (Å²) < 4.78 is 1.63. The lowest BCUT2D eigenvalue weighted by Crippen LogP contribution is -2.03. The fraction of sp³-hybridized carbons (Fsp3) is 0. The predicted octanol–water partition coefficient (Wildman–Crippen LogP) is 2.90. The molecule has 1 N–H and O–H groups in total. The van der Waals surface area contributed by atoms with Crippen LogP contribution >= 0.6 is 38.5 Å². The van der Waals surface area contributed by atoms with Gasteiger partial charge in [-0.05, 0) is 56.7 Å². The van der Waals surface area contributed by atoms with Crippen molar-refractivity contribution in [1.29, 1.82) is 0 Å². The number of halogens is 2. The summed E-state index contributed by atoms with van der Waals surface area (Å²) >= 11 is 5.38. The fourth-order valence-corrected chi connectivity index (χ4v) is 1.98. The van der Waals surface area contributed by atoms with Crippen LogP contribution < -0.4 is 5.43 Å². The van der Waals surface area contributed by atoms with E-state index in [9.17, 15) is 4.79 Å². The van der Waals surface area contributed by atoms with Crippen LogP contribution in [0.15, 0.2) is 33.7 Å². The molecule has 0 fully saturated rings. The summed E-state index contributed by atoms with van der Waals surface area (Å²) in [7, 11) is 0. The Morgan fingerprint density at radius 2 is 2.15 bits per heavy atom. The molecule has 0 spiro atoms. The summed E-state index contributed by atoms with van der Waals surface area (Å²) in [5.74, 6) is 0. The lowest BCUT2D eigenvalue weighted by molar-refractivity contribution is 1.36. The van der Waals surface area contributed by atoms with Crippen LogP contribution in [-0.4, -0.2) is 4.98 Å². The number of fused-ring (bicyclic) bond motifs is 1. The van der Waals surface area contributed by atoms with E-state index in [0.29, 0.717) is 4.47 Å². The molecule has 0 unspecified atom stereocenters. The third-order valence-corrected chi connectivity index (χ3v) is 3.06. The molecule has 0 radical (unpaired) electrons. The van der Waals surface area contributed by atoms with Gasteiger partial charge in [0, 0.05) is 20.7 Å². The van der Waals surface area contributed by atoms with Crippen molar-refractivity contribution in [2.45, 2.75) is 0 Å². The third kappa shape index (κ3) is 1.65.